The van der Waals surface area contributed by atoms with Gasteiger partial charge in [0.25, 0.3) is 0 Å². The van der Waals surface area contributed by atoms with Gasteiger partial charge in [0.15, 0.2) is 0 Å². The zero-order chi connectivity index (χ0) is 4.12. The SMILES string of the molecule is CCN=C=S.[Hg]. The fraction of sp³-hybridized carbons (Fsp3) is 0.667. The molecule has 0 aromatic rings. The van der Waals surface area contributed by atoms with Crippen molar-refractivity contribution in [3.8, 4) is 0 Å². The van der Waals surface area contributed by atoms with Gasteiger partial charge in [-0.2, -0.15) is 0 Å². The van der Waals surface area contributed by atoms with E-state index in [1.54, 1.807) is 0 Å². The van der Waals surface area contributed by atoms with E-state index < -0.39 is 0 Å². The Bertz CT molecular complexity index is 57.8. The van der Waals surface area contributed by atoms with Crippen LogP contribution < -0.4 is 0 Å². The summed E-state index contributed by atoms with van der Waals surface area (Å²) in [6.07, 6.45) is 0. The minimum Gasteiger partial charge on any atom is -0.233 e. The van der Waals surface area contributed by atoms with Gasteiger partial charge in [-0.3, -0.25) is 0 Å². The van der Waals surface area contributed by atoms with E-state index >= 15 is 0 Å². The molecule has 0 aliphatic carbocycles. The second-order valence-electron chi connectivity index (χ2n) is 0.566. The molecule has 0 aromatic carbocycles. The molecular weight excluding hydrogens is 283 g/mol. The molecule has 0 radical (unpaired) electrons. The average Bonchev–Trinajstić information content (AvgIpc) is 1.41. The van der Waals surface area contributed by atoms with Gasteiger partial charge in [0.1, 0.15) is 0 Å². The van der Waals surface area contributed by atoms with Gasteiger partial charge in [-0.1, -0.05) is 0 Å². The molecule has 0 aliphatic heterocycles. The number of thiocarbonyl (C=S) groups is 1. The predicted octanol–water partition coefficient (Wildman–Crippen LogP) is 1.11. The van der Waals surface area contributed by atoms with Gasteiger partial charge in [-0.25, -0.2) is 4.99 Å². The van der Waals surface area contributed by atoms with Crippen molar-refractivity contribution >= 4 is 17.4 Å². The Morgan fingerprint density at radius 2 is 2.33 bits per heavy atom. The second kappa shape index (κ2) is 9.22. The molecule has 3 heteroatoms. The van der Waals surface area contributed by atoms with Gasteiger partial charge in [-0.15, -0.1) is 0 Å². The van der Waals surface area contributed by atoms with Gasteiger partial charge in [0, 0.05) is 34.2 Å². The maximum atomic E-state index is 4.23. The Kier molecular flexibility index (Phi) is 15.2. The van der Waals surface area contributed by atoms with Gasteiger partial charge < -0.3 is 0 Å². The van der Waals surface area contributed by atoms with E-state index in [0.717, 1.165) is 6.54 Å². The molecule has 30 valence electrons. The quantitative estimate of drug-likeness (QED) is 0.400. The van der Waals surface area contributed by atoms with Crippen molar-refractivity contribution in [2.24, 2.45) is 4.99 Å². The summed E-state index contributed by atoms with van der Waals surface area (Å²) in [5.41, 5.74) is 0. The monoisotopic (exact) mass is 289 g/mol. The van der Waals surface area contributed by atoms with Crippen LogP contribution in [0.1, 0.15) is 6.92 Å². The van der Waals surface area contributed by atoms with Crippen LogP contribution in [-0.4, -0.2) is 11.7 Å². The zero-order valence-corrected chi connectivity index (χ0v) is 10.1. The van der Waals surface area contributed by atoms with E-state index in [1.165, 1.54) is 0 Å². The van der Waals surface area contributed by atoms with E-state index in [4.69, 9.17) is 0 Å². The summed E-state index contributed by atoms with van der Waals surface area (Å²) in [5.74, 6) is 0. The van der Waals surface area contributed by atoms with Crippen LogP contribution in [0.3, 0.4) is 0 Å². The number of hydrogen-bond acceptors (Lipinski definition) is 2. The van der Waals surface area contributed by atoms with Crippen LogP contribution in [0.15, 0.2) is 4.99 Å². The molecule has 0 aromatic heterocycles. The second-order valence-corrected chi connectivity index (χ2v) is 0.748. The smallest absolute Gasteiger partial charge is 0.0584 e. The van der Waals surface area contributed by atoms with Crippen molar-refractivity contribution in [3.63, 3.8) is 0 Å². The van der Waals surface area contributed by atoms with Crippen LogP contribution >= 0.6 is 12.2 Å². The Labute approximate surface area is 63.4 Å². The first kappa shape index (κ1) is 9.88. The van der Waals surface area contributed by atoms with E-state index in [2.05, 4.69) is 22.4 Å². The van der Waals surface area contributed by atoms with Crippen molar-refractivity contribution in [2.75, 3.05) is 6.54 Å². The maximum absolute atomic E-state index is 4.23. The molecule has 0 unspecified atom stereocenters. The number of nitrogens with zero attached hydrogens (tertiary/aromatic N) is 1. The molecule has 0 saturated heterocycles. The van der Waals surface area contributed by atoms with Gasteiger partial charge in [0.05, 0.1) is 5.16 Å². The van der Waals surface area contributed by atoms with Crippen molar-refractivity contribution in [1.82, 2.24) is 0 Å². The summed E-state index contributed by atoms with van der Waals surface area (Å²) in [4.78, 5) is 3.54. The van der Waals surface area contributed by atoms with E-state index in [-0.39, 0.29) is 27.7 Å². The fourth-order valence-electron chi connectivity index (χ4n) is 0.0645. The summed E-state index contributed by atoms with van der Waals surface area (Å²) in [6.45, 7) is 2.67. The standard InChI is InChI=1S/C3H5NS.Hg/c1-2-4-3-5;/h2H2,1H3;. The average molecular weight is 288 g/mol. The molecule has 0 rings (SSSR count). The molecule has 0 N–H and O–H groups in total. The number of aliphatic imine (C=N–C) groups is 1. The Morgan fingerprint density at radius 3 is 2.33 bits per heavy atom. The summed E-state index contributed by atoms with van der Waals surface area (Å²) in [5, 5.41) is 2.23. The Hall–Kier alpha value is 0.735. The number of isothiocyanates is 1. The molecule has 0 atom stereocenters. The van der Waals surface area contributed by atoms with Crippen LogP contribution in [0.2, 0.25) is 0 Å². The third-order valence-electron chi connectivity index (χ3n) is 0.223. The third kappa shape index (κ3) is 8.83. The molecule has 0 amide bonds. The summed E-state index contributed by atoms with van der Waals surface area (Å²) in [7, 11) is 0. The van der Waals surface area contributed by atoms with Crippen LogP contribution in [0.5, 0.6) is 0 Å². The molecular formula is C3H5HgNS. The number of hydrogen-bond donors (Lipinski definition) is 0. The van der Waals surface area contributed by atoms with E-state index in [0.29, 0.717) is 0 Å². The molecule has 0 spiro atoms. The van der Waals surface area contributed by atoms with Crippen molar-refractivity contribution < 1.29 is 27.7 Å². The number of rotatable bonds is 1. The first-order valence-electron chi connectivity index (χ1n) is 1.45. The minimum absolute atomic E-state index is 0. The van der Waals surface area contributed by atoms with Crippen molar-refractivity contribution in [3.05, 3.63) is 0 Å². The molecule has 6 heavy (non-hydrogen) atoms. The van der Waals surface area contributed by atoms with Crippen LogP contribution in [0.25, 0.3) is 0 Å². The summed E-state index contributed by atoms with van der Waals surface area (Å²) in [6, 6.07) is 0. The maximum Gasteiger partial charge on any atom is 0.0584 e. The first-order valence-corrected chi connectivity index (χ1v) is 1.86. The van der Waals surface area contributed by atoms with Crippen LogP contribution in [0, 0.1) is 0 Å². The van der Waals surface area contributed by atoms with Crippen LogP contribution in [-0.2, 0) is 27.7 Å². The third-order valence-corrected chi connectivity index (χ3v) is 0.352. The van der Waals surface area contributed by atoms with E-state index in [1.807, 2.05) is 6.92 Å². The molecule has 0 saturated carbocycles. The zero-order valence-electron chi connectivity index (χ0n) is 3.77. The summed E-state index contributed by atoms with van der Waals surface area (Å²) >= 11 is 4.23. The molecule has 0 bridgehead atoms. The van der Waals surface area contributed by atoms with Gasteiger partial charge in [-0.05, 0) is 19.1 Å². The van der Waals surface area contributed by atoms with Gasteiger partial charge >= 0.3 is 0 Å². The van der Waals surface area contributed by atoms with Gasteiger partial charge in [0.2, 0.25) is 0 Å². The van der Waals surface area contributed by atoms with Crippen LogP contribution in [0.4, 0.5) is 0 Å². The Morgan fingerprint density at radius 1 is 1.83 bits per heavy atom. The first-order chi connectivity index (χ1) is 2.41. The summed E-state index contributed by atoms with van der Waals surface area (Å²) < 4.78 is 0. The van der Waals surface area contributed by atoms with Crippen molar-refractivity contribution in [2.45, 2.75) is 6.92 Å². The molecule has 0 heterocycles. The molecule has 0 fully saturated rings. The normalized spacial score (nSPS) is 4.83. The van der Waals surface area contributed by atoms with Crippen molar-refractivity contribution in [1.29, 1.82) is 0 Å². The van der Waals surface area contributed by atoms with E-state index in [9.17, 15) is 0 Å². The molecule has 1 nitrogen and oxygen atoms in total. The molecule has 0 aliphatic rings. The topological polar surface area (TPSA) is 12.4 Å². The Balaban J connectivity index is 0. The minimum atomic E-state index is 0. The largest absolute Gasteiger partial charge is 0.233 e. The fourth-order valence-corrected chi connectivity index (χ4v) is 0.194. The predicted molar refractivity (Wildman–Crippen MR) is 25.6 cm³/mol.